The monoisotopic (exact) mass is 346 g/mol. The van der Waals surface area contributed by atoms with Crippen molar-refractivity contribution >= 4 is 22.5 Å². The lowest BCUT2D eigenvalue weighted by molar-refractivity contribution is -0.146. The van der Waals surface area contributed by atoms with Gasteiger partial charge in [0.15, 0.2) is 0 Å². The number of esters is 1. The van der Waals surface area contributed by atoms with Gasteiger partial charge in [0.25, 0.3) is 0 Å². The predicted octanol–water partition coefficient (Wildman–Crippen LogP) is 4.65. The summed E-state index contributed by atoms with van der Waals surface area (Å²) < 4.78 is 5.23. The molecule has 26 heavy (non-hydrogen) atoms. The van der Waals surface area contributed by atoms with Gasteiger partial charge in [0.1, 0.15) is 18.8 Å². The highest BCUT2D eigenvalue weighted by atomic mass is 16.5. The highest BCUT2D eigenvalue weighted by Gasteiger charge is 2.09. The van der Waals surface area contributed by atoms with Gasteiger partial charge in [-0.05, 0) is 47.2 Å². The predicted molar refractivity (Wildman–Crippen MR) is 103 cm³/mol. The maximum absolute atomic E-state index is 11.6. The summed E-state index contributed by atoms with van der Waals surface area (Å²) in [5, 5.41) is 2.49. The number of rotatable bonds is 7. The highest BCUT2D eigenvalue weighted by Crippen LogP contribution is 2.18. The first kappa shape index (κ1) is 17.9. The number of fused-ring (bicyclic) bond motifs is 1. The minimum Gasteiger partial charge on any atom is -0.460 e. The first-order chi connectivity index (χ1) is 12.6. The Balaban J connectivity index is 1.65. The zero-order chi connectivity index (χ0) is 18.4. The molecule has 0 aliphatic heterocycles. The SMILES string of the molecule is CC(=O)CC(=O)OCc1ccccc1CCc1ccc2ccccc2c1. The summed E-state index contributed by atoms with van der Waals surface area (Å²) >= 11 is 0. The largest absolute Gasteiger partial charge is 0.460 e. The number of aryl methyl sites for hydroxylation is 2. The quantitative estimate of drug-likeness (QED) is 0.462. The third kappa shape index (κ3) is 4.79. The Morgan fingerprint density at radius 2 is 1.50 bits per heavy atom. The summed E-state index contributed by atoms with van der Waals surface area (Å²) in [7, 11) is 0. The molecule has 0 amide bonds. The van der Waals surface area contributed by atoms with Crippen LogP contribution in [-0.2, 0) is 33.8 Å². The molecule has 0 atom stereocenters. The summed E-state index contributed by atoms with van der Waals surface area (Å²) in [6.07, 6.45) is 1.63. The molecule has 3 aromatic rings. The van der Waals surface area contributed by atoms with Crippen molar-refractivity contribution in [2.45, 2.75) is 32.8 Å². The average molecular weight is 346 g/mol. The molecule has 0 N–H and O–H groups in total. The van der Waals surface area contributed by atoms with E-state index in [1.807, 2.05) is 24.3 Å². The van der Waals surface area contributed by atoms with Gasteiger partial charge in [0.05, 0.1) is 0 Å². The molecular weight excluding hydrogens is 324 g/mol. The summed E-state index contributed by atoms with van der Waals surface area (Å²) in [4.78, 5) is 22.6. The van der Waals surface area contributed by atoms with E-state index >= 15 is 0 Å². The zero-order valence-electron chi connectivity index (χ0n) is 14.9. The van der Waals surface area contributed by atoms with E-state index in [0.717, 1.165) is 24.0 Å². The fourth-order valence-electron chi connectivity index (χ4n) is 3.03. The molecule has 0 unspecified atom stereocenters. The molecule has 0 spiro atoms. The van der Waals surface area contributed by atoms with E-state index in [1.54, 1.807) is 0 Å². The second-order valence-electron chi connectivity index (χ2n) is 6.49. The van der Waals surface area contributed by atoms with Crippen LogP contribution in [0.25, 0.3) is 10.8 Å². The van der Waals surface area contributed by atoms with E-state index < -0.39 is 5.97 Å². The van der Waals surface area contributed by atoms with Gasteiger partial charge in [0.2, 0.25) is 0 Å². The molecule has 3 rings (SSSR count). The number of carbonyl (C=O) groups is 2. The van der Waals surface area contributed by atoms with Gasteiger partial charge in [-0.15, -0.1) is 0 Å². The molecular formula is C23H22O3. The molecule has 0 aliphatic carbocycles. The van der Waals surface area contributed by atoms with Crippen molar-refractivity contribution in [2.24, 2.45) is 0 Å². The normalized spacial score (nSPS) is 10.7. The van der Waals surface area contributed by atoms with Gasteiger partial charge < -0.3 is 4.74 Å². The Hall–Kier alpha value is -2.94. The van der Waals surface area contributed by atoms with Gasteiger partial charge >= 0.3 is 5.97 Å². The molecule has 0 saturated heterocycles. The van der Waals surface area contributed by atoms with Crippen LogP contribution in [0, 0.1) is 0 Å². The highest BCUT2D eigenvalue weighted by molar-refractivity contribution is 5.94. The van der Waals surface area contributed by atoms with Crippen LogP contribution in [0.2, 0.25) is 0 Å². The summed E-state index contributed by atoms with van der Waals surface area (Å²) in [5.41, 5.74) is 3.44. The third-order valence-electron chi connectivity index (χ3n) is 4.40. The van der Waals surface area contributed by atoms with Crippen molar-refractivity contribution in [3.63, 3.8) is 0 Å². The second kappa shape index (κ2) is 8.43. The lowest BCUT2D eigenvalue weighted by Crippen LogP contribution is -2.09. The molecule has 0 saturated carbocycles. The first-order valence-corrected chi connectivity index (χ1v) is 8.81. The van der Waals surface area contributed by atoms with Crippen molar-refractivity contribution in [1.82, 2.24) is 0 Å². The topological polar surface area (TPSA) is 43.4 Å². The smallest absolute Gasteiger partial charge is 0.313 e. The molecule has 0 radical (unpaired) electrons. The molecule has 3 aromatic carbocycles. The van der Waals surface area contributed by atoms with Crippen LogP contribution in [0.1, 0.15) is 30.0 Å². The Morgan fingerprint density at radius 1 is 0.808 bits per heavy atom. The van der Waals surface area contributed by atoms with E-state index in [1.165, 1.54) is 23.3 Å². The number of benzene rings is 3. The average Bonchev–Trinajstić information content (AvgIpc) is 2.64. The van der Waals surface area contributed by atoms with Crippen molar-refractivity contribution in [3.05, 3.63) is 83.4 Å². The first-order valence-electron chi connectivity index (χ1n) is 8.81. The van der Waals surface area contributed by atoms with E-state index in [4.69, 9.17) is 4.74 Å². The molecule has 132 valence electrons. The summed E-state index contributed by atoms with van der Waals surface area (Å²) in [6, 6.07) is 22.9. The second-order valence-corrected chi connectivity index (χ2v) is 6.49. The Bertz CT molecular complexity index is 927. The standard InChI is InChI=1S/C23H22O3/c1-17(24)14-23(25)26-16-22-9-5-3-7-20(22)13-11-18-10-12-19-6-2-4-8-21(19)15-18/h2-10,12,15H,11,13-14,16H2,1H3. The van der Waals surface area contributed by atoms with Crippen LogP contribution in [0.15, 0.2) is 66.7 Å². The number of Topliss-reactive ketones (excluding diaryl/α,β-unsaturated/α-hetero) is 1. The van der Waals surface area contributed by atoms with Gasteiger partial charge in [-0.2, -0.15) is 0 Å². The van der Waals surface area contributed by atoms with E-state index in [9.17, 15) is 9.59 Å². The van der Waals surface area contributed by atoms with Gasteiger partial charge in [-0.1, -0.05) is 66.7 Å². The van der Waals surface area contributed by atoms with E-state index in [0.29, 0.717) is 0 Å². The molecule has 0 fully saturated rings. The third-order valence-corrected chi connectivity index (χ3v) is 4.40. The number of ether oxygens (including phenoxy) is 1. The van der Waals surface area contributed by atoms with Gasteiger partial charge in [0, 0.05) is 0 Å². The van der Waals surface area contributed by atoms with Crippen LogP contribution in [0.4, 0.5) is 0 Å². The Morgan fingerprint density at radius 3 is 2.27 bits per heavy atom. The molecule has 0 heterocycles. The molecule has 3 nitrogen and oxygen atoms in total. The minimum atomic E-state index is -0.471. The van der Waals surface area contributed by atoms with Crippen molar-refractivity contribution in [3.8, 4) is 0 Å². The lowest BCUT2D eigenvalue weighted by atomic mass is 9.98. The van der Waals surface area contributed by atoms with Gasteiger partial charge in [-0.25, -0.2) is 0 Å². The van der Waals surface area contributed by atoms with Crippen LogP contribution < -0.4 is 0 Å². The number of ketones is 1. The van der Waals surface area contributed by atoms with Gasteiger partial charge in [-0.3, -0.25) is 9.59 Å². The molecule has 0 bridgehead atoms. The maximum Gasteiger partial charge on any atom is 0.313 e. The number of hydrogen-bond donors (Lipinski definition) is 0. The lowest BCUT2D eigenvalue weighted by Gasteiger charge is -2.10. The zero-order valence-corrected chi connectivity index (χ0v) is 14.9. The van der Waals surface area contributed by atoms with Crippen LogP contribution in [-0.4, -0.2) is 11.8 Å². The summed E-state index contributed by atoms with van der Waals surface area (Å²) in [5.74, 6) is -0.651. The van der Waals surface area contributed by atoms with Crippen LogP contribution in [0.5, 0.6) is 0 Å². The Kier molecular flexibility index (Phi) is 5.80. The molecule has 0 aromatic heterocycles. The number of carbonyl (C=O) groups excluding carboxylic acids is 2. The van der Waals surface area contributed by atoms with Crippen molar-refractivity contribution in [2.75, 3.05) is 0 Å². The molecule has 0 aliphatic rings. The maximum atomic E-state index is 11.6. The minimum absolute atomic E-state index is 0.167. The van der Waals surface area contributed by atoms with Crippen LogP contribution >= 0.6 is 0 Å². The molecule has 3 heteroatoms. The van der Waals surface area contributed by atoms with E-state index in [-0.39, 0.29) is 18.8 Å². The fourth-order valence-corrected chi connectivity index (χ4v) is 3.03. The summed E-state index contributed by atoms with van der Waals surface area (Å²) in [6.45, 7) is 1.60. The Labute approximate surface area is 153 Å². The van der Waals surface area contributed by atoms with Crippen molar-refractivity contribution < 1.29 is 14.3 Å². The fraction of sp³-hybridized carbons (Fsp3) is 0.217. The number of hydrogen-bond acceptors (Lipinski definition) is 3. The van der Waals surface area contributed by atoms with Crippen molar-refractivity contribution in [1.29, 1.82) is 0 Å². The van der Waals surface area contributed by atoms with Crippen LogP contribution in [0.3, 0.4) is 0 Å². The van der Waals surface area contributed by atoms with E-state index in [2.05, 4.69) is 42.5 Å².